The number of hydrogen-bond donors (Lipinski definition) is 3. The summed E-state index contributed by atoms with van der Waals surface area (Å²) >= 11 is 0. The molecule has 6 fully saturated rings. The number of imide groups is 1. The third-order valence-electron chi connectivity index (χ3n) is 19.1. The molecule has 7 aliphatic rings. The Labute approximate surface area is 479 Å². The summed E-state index contributed by atoms with van der Waals surface area (Å²) in [6, 6.07) is 15.3. The summed E-state index contributed by atoms with van der Waals surface area (Å²) < 4.78 is 17.9. The van der Waals surface area contributed by atoms with Crippen LogP contribution in [0.25, 0.3) is 22.3 Å². The van der Waals surface area contributed by atoms with Crippen molar-refractivity contribution in [3.05, 3.63) is 89.1 Å². The lowest BCUT2D eigenvalue weighted by molar-refractivity contribution is -0.144. The molecule has 6 aliphatic heterocycles. The number of hydrogen-bond acceptors (Lipinski definition) is 12. The number of carbonyl (C=O) groups excluding carboxylic acids is 6. The van der Waals surface area contributed by atoms with E-state index in [1.807, 2.05) is 52.5 Å². The lowest BCUT2D eigenvalue weighted by atomic mass is 9.73. The number of nitrogens with zero attached hydrogens (tertiary/aromatic N) is 9. The summed E-state index contributed by atoms with van der Waals surface area (Å²) in [5.74, 6) is -0.418. The van der Waals surface area contributed by atoms with Crippen molar-refractivity contribution >= 4 is 69.5 Å². The number of pyridine rings is 2. The van der Waals surface area contributed by atoms with Gasteiger partial charge in [0.25, 0.3) is 5.91 Å². The van der Waals surface area contributed by atoms with Gasteiger partial charge >= 0.3 is 0 Å². The first-order chi connectivity index (χ1) is 39.5. The summed E-state index contributed by atoms with van der Waals surface area (Å²) in [7, 11) is 0. The lowest BCUT2D eigenvalue weighted by Crippen LogP contribution is -2.58. The van der Waals surface area contributed by atoms with Gasteiger partial charge in [-0.15, -0.1) is 0 Å². The number of aryl methyl sites for hydroxylation is 1. The van der Waals surface area contributed by atoms with Gasteiger partial charge in [-0.2, -0.15) is 0 Å². The molecule has 1 spiro atoms. The van der Waals surface area contributed by atoms with Crippen LogP contribution in [0.4, 0.5) is 27.4 Å². The van der Waals surface area contributed by atoms with Gasteiger partial charge in [-0.3, -0.25) is 34.1 Å². The number of piperidine rings is 5. The number of nitrogens with one attached hydrogen (secondary N) is 3. The maximum Gasteiger partial charge on any atom is 0.251 e. The van der Waals surface area contributed by atoms with Crippen LogP contribution in [0, 0.1) is 24.6 Å². The normalized spacial score (nSPS) is 22.7. The Morgan fingerprint density at radius 3 is 2.12 bits per heavy atom. The van der Waals surface area contributed by atoms with Gasteiger partial charge in [0.1, 0.15) is 17.2 Å². The number of anilines is 4. The van der Waals surface area contributed by atoms with Crippen molar-refractivity contribution in [2.45, 2.75) is 154 Å². The van der Waals surface area contributed by atoms with E-state index in [2.05, 4.69) is 61.6 Å². The first-order valence-electron chi connectivity index (χ1n) is 30.1. The van der Waals surface area contributed by atoms with E-state index in [0.717, 1.165) is 54.1 Å². The fourth-order valence-corrected chi connectivity index (χ4v) is 14.2. The van der Waals surface area contributed by atoms with Gasteiger partial charge in [-0.1, -0.05) is 24.6 Å². The lowest BCUT2D eigenvalue weighted by Gasteiger charge is -2.48. The van der Waals surface area contributed by atoms with Crippen LogP contribution in [-0.2, 0) is 29.4 Å². The molecule has 6 amide bonds. The molecule has 18 nitrogen and oxygen atoms in total. The number of likely N-dealkylation sites (tertiary alicyclic amines) is 3. The zero-order chi connectivity index (χ0) is 57.1. The number of halogens is 1. The van der Waals surface area contributed by atoms with E-state index in [0.29, 0.717) is 130 Å². The number of benzene rings is 2. The molecule has 1 unspecified atom stereocenters. The predicted octanol–water partition coefficient (Wildman–Crippen LogP) is 8.30. The number of imidazole rings is 1. The standard InChI is InChI=1S/C63H77FN12O6/c1-37(2)67-59(79)47-33-51(49(64)29-39(47)5)69-57-56-52(66-36-75(56)38(3)4)34-50(68-57)42-9-12-48-53(30-42)76(45-31-44(32-45)71-21-7-6-8-22-71)62(82)63(48)19-27-74(28-20-63)61(81)41-17-25-73(26-18-41)60(80)40-15-23-72(24-16-40)54-13-10-43(35-65-54)46-11-14-55(77)70-58(46)78/h9-10,12-13,29-30,33-38,40-41,44-46H,6-8,11,14-28,31-32H2,1-5H3,(H,67,79)(H,68,69)(H,70,77,78)/t44-,45+,46?. The van der Waals surface area contributed by atoms with Crippen LogP contribution in [0.5, 0.6) is 0 Å². The second-order valence-electron chi connectivity index (χ2n) is 24.9. The highest BCUT2D eigenvalue weighted by Crippen LogP contribution is 2.52. The summed E-state index contributed by atoms with van der Waals surface area (Å²) in [5.41, 5.74) is 5.64. The highest BCUT2D eigenvalue weighted by atomic mass is 19.1. The molecular weight excluding hydrogens is 1040 g/mol. The molecule has 5 aromatic rings. The maximum absolute atomic E-state index is 15.9. The molecule has 5 saturated heterocycles. The molecule has 3 N–H and O–H groups in total. The molecule has 1 atom stereocenters. The highest BCUT2D eigenvalue weighted by molar-refractivity contribution is 6.10. The molecular formula is C63H77FN12O6. The van der Waals surface area contributed by atoms with E-state index in [4.69, 9.17) is 9.97 Å². The van der Waals surface area contributed by atoms with Gasteiger partial charge in [0.2, 0.25) is 29.5 Å². The fourth-order valence-electron chi connectivity index (χ4n) is 14.2. The molecule has 432 valence electrons. The molecule has 9 heterocycles. The van der Waals surface area contributed by atoms with Crippen LogP contribution in [0.3, 0.4) is 0 Å². The molecule has 1 aliphatic carbocycles. The third kappa shape index (κ3) is 10.4. The van der Waals surface area contributed by atoms with E-state index in [1.165, 1.54) is 25.3 Å². The van der Waals surface area contributed by atoms with E-state index in [9.17, 15) is 24.0 Å². The number of fused-ring (bicyclic) bond motifs is 3. The zero-order valence-electron chi connectivity index (χ0n) is 48.0. The van der Waals surface area contributed by atoms with Crippen LogP contribution in [0.2, 0.25) is 0 Å². The zero-order valence-corrected chi connectivity index (χ0v) is 48.0. The van der Waals surface area contributed by atoms with Gasteiger partial charge < -0.3 is 39.7 Å². The van der Waals surface area contributed by atoms with Gasteiger partial charge in [-0.05, 0) is 165 Å². The van der Waals surface area contributed by atoms with Crippen molar-refractivity contribution in [2.75, 3.05) is 67.5 Å². The molecule has 1 saturated carbocycles. The van der Waals surface area contributed by atoms with E-state index >= 15 is 9.18 Å². The second-order valence-corrected chi connectivity index (χ2v) is 24.9. The predicted molar refractivity (Wildman–Crippen MR) is 311 cm³/mol. The van der Waals surface area contributed by atoms with Crippen molar-refractivity contribution in [1.29, 1.82) is 0 Å². The van der Waals surface area contributed by atoms with Crippen LogP contribution in [-0.4, -0.2) is 140 Å². The fraction of sp³-hybridized carbons (Fsp3) is 0.540. The Hall–Kier alpha value is -7.28. The molecule has 12 rings (SSSR count). The minimum Gasteiger partial charge on any atom is -0.357 e. The largest absolute Gasteiger partial charge is 0.357 e. The van der Waals surface area contributed by atoms with E-state index < -0.39 is 11.2 Å². The molecule has 0 bridgehead atoms. The Morgan fingerprint density at radius 1 is 0.768 bits per heavy atom. The number of carbonyl (C=O) groups is 6. The first kappa shape index (κ1) is 55.3. The quantitative estimate of drug-likeness (QED) is 0.101. The molecule has 2 aromatic carbocycles. The third-order valence-corrected chi connectivity index (χ3v) is 19.1. The summed E-state index contributed by atoms with van der Waals surface area (Å²) in [6.45, 7) is 15.2. The second kappa shape index (κ2) is 22.5. The highest BCUT2D eigenvalue weighted by Gasteiger charge is 2.56. The van der Waals surface area contributed by atoms with Crippen molar-refractivity contribution in [2.24, 2.45) is 11.8 Å². The van der Waals surface area contributed by atoms with Crippen molar-refractivity contribution < 1.29 is 33.2 Å². The minimum atomic E-state index is -0.788. The van der Waals surface area contributed by atoms with Gasteiger partial charge in [0.15, 0.2) is 5.82 Å². The van der Waals surface area contributed by atoms with Gasteiger partial charge in [-0.25, -0.2) is 19.3 Å². The Kier molecular flexibility index (Phi) is 15.1. The smallest absolute Gasteiger partial charge is 0.251 e. The topological polar surface area (TPSA) is 198 Å². The number of amides is 6. The van der Waals surface area contributed by atoms with Crippen LogP contribution >= 0.6 is 0 Å². The molecule has 0 radical (unpaired) electrons. The Bertz CT molecular complexity index is 3310. The monoisotopic (exact) mass is 1120 g/mol. The summed E-state index contributed by atoms with van der Waals surface area (Å²) in [5, 5.41) is 8.63. The van der Waals surface area contributed by atoms with Crippen LogP contribution < -0.4 is 25.8 Å². The van der Waals surface area contributed by atoms with Crippen molar-refractivity contribution in [3.63, 3.8) is 0 Å². The van der Waals surface area contributed by atoms with Crippen molar-refractivity contribution in [1.82, 2.24) is 44.9 Å². The average Bonchev–Trinajstić information content (AvgIpc) is 2.19. The average molecular weight is 1120 g/mol. The van der Waals surface area contributed by atoms with Gasteiger partial charge in [0, 0.05) is 105 Å². The Morgan fingerprint density at radius 2 is 1.46 bits per heavy atom. The number of rotatable bonds is 12. The summed E-state index contributed by atoms with van der Waals surface area (Å²) in [6.07, 6.45) is 13.4. The molecule has 19 heteroatoms. The minimum absolute atomic E-state index is 0.0136. The first-order valence-corrected chi connectivity index (χ1v) is 30.1. The van der Waals surface area contributed by atoms with Crippen LogP contribution in [0.15, 0.2) is 61.1 Å². The van der Waals surface area contributed by atoms with Gasteiger partial charge in [0.05, 0.1) is 34.6 Å². The van der Waals surface area contributed by atoms with Crippen molar-refractivity contribution in [3.8, 4) is 11.3 Å². The SMILES string of the molecule is Cc1cc(F)c(Nc2nc(-c3ccc4c(c3)N([C@H]3C[C@@H](N5CCCCC5)C3)C(=O)C43CCN(C(=O)C4CCN(C(=O)C5CCN(c6ccc(C7CCC(=O)NC7=O)cn6)CC5)CC4)CC3)cc3ncn(C(C)C)c23)cc1C(=O)NC(C)C. The number of aromatic nitrogens is 4. The summed E-state index contributed by atoms with van der Waals surface area (Å²) in [4.78, 5) is 107. The Balaban J connectivity index is 0.733. The van der Waals surface area contributed by atoms with Crippen LogP contribution in [0.1, 0.15) is 150 Å². The van der Waals surface area contributed by atoms with E-state index in [1.54, 1.807) is 25.5 Å². The maximum atomic E-state index is 15.9. The molecule has 3 aromatic heterocycles. The van der Waals surface area contributed by atoms with E-state index in [-0.39, 0.29) is 77.0 Å². The molecule has 82 heavy (non-hydrogen) atoms.